The highest BCUT2D eigenvalue weighted by Crippen LogP contribution is 2.12. The number of nitrogens with zero attached hydrogens (tertiary/aromatic N) is 4. The van der Waals surface area contributed by atoms with Gasteiger partial charge in [-0.15, -0.1) is 0 Å². The summed E-state index contributed by atoms with van der Waals surface area (Å²) >= 11 is 0. The van der Waals surface area contributed by atoms with Crippen LogP contribution in [0.2, 0.25) is 0 Å². The molecule has 0 aliphatic carbocycles. The maximum atomic E-state index is 9.07. The van der Waals surface area contributed by atoms with Crippen molar-refractivity contribution >= 4 is 11.8 Å². The molecule has 0 unspecified atom stereocenters. The first kappa shape index (κ1) is 11.1. The molecule has 2 aromatic rings. The van der Waals surface area contributed by atoms with E-state index in [0.29, 0.717) is 5.70 Å². The number of rotatable bonds is 3. The van der Waals surface area contributed by atoms with Gasteiger partial charge in [0.1, 0.15) is 24.4 Å². The Morgan fingerprint density at radius 2 is 2.41 bits per heavy atom. The van der Waals surface area contributed by atoms with Crippen LogP contribution < -0.4 is 0 Å². The Labute approximate surface area is 99.8 Å². The zero-order valence-corrected chi connectivity index (χ0v) is 9.24. The molecule has 1 aromatic carbocycles. The molecule has 17 heavy (non-hydrogen) atoms. The Morgan fingerprint density at radius 1 is 1.53 bits per heavy atom. The van der Waals surface area contributed by atoms with E-state index >= 15 is 0 Å². The van der Waals surface area contributed by atoms with Crippen molar-refractivity contribution in [3.8, 4) is 6.07 Å². The van der Waals surface area contributed by atoms with Gasteiger partial charge >= 0.3 is 0 Å². The molecular weight excluding hydrogens is 212 g/mol. The maximum Gasteiger partial charge on any atom is 0.144 e. The Kier molecular flexibility index (Phi) is 3.31. The van der Waals surface area contributed by atoms with Crippen molar-refractivity contribution in [2.75, 3.05) is 0 Å². The van der Waals surface area contributed by atoms with Crippen molar-refractivity contribution in [3.63, 3.8) is 0 Å². The molecular formula is C13H11N4. The second-order valence-corrected chi connectivity index (χ2v) is 3.48. The minimum Gasteiger partial charge on any atom is -0.223 e. The van der Waals surface area contributed by atoms with Crippen LogP contribution in [0.1, 0.15) is 11.1 Å². The average molecular weight is 223 g/mol. The third kappa shape index (κ3) is 2.58. The van der Waals surface area contributed by atoms with Crippen LogP contribution in [0.4, 0.5) is 0 Å². The molecule has 0 saturated carbocycles. The largest absolute Gasteiger partial charge is 0.223 e. The summed E-state index contributed by atoms with van der Waals surface area (Å²) in [4.78, 5) is 3.82. The van der Waals surface area contributed by atoms with E-state index in [9.17, 15) is 0 Å². The van der Waals surface area contributed by atoms with Gasteiger partial charge in [-0.25, -0.2) is 9.67 Å². The molecule has 0 fully saturated rings. The fourth-order valence-electron chi connectivity index (χ4n) is 1.48. The Balaban J connectivity index is 2.37. The maximum absolute atomic E-state index is 9.07. The Hall–Kier alpha value is -2.41. The number of hydrogen-bond donors (Lipinski definition) is 0. The second kappa shape index (κ2) is 5.08. The van der Waals surface area contributed by atoms with E-state index in [4.69, 9.17) is 5.26 Å². The number of hydrogen-bond acceptors (Lipinski definition) is 3. The van der Waals surface area contributed by atoms with Crippen molar-refractivity contribution in [1.82, 2.24) is 14.8 Å². The first-order chi connectivity index (χ1) is 8.33. The Bertz CT molecular complexity index is 561. The molecule has 0 N–H and O–H groups in total. The summed E-state index contributed by atoms with van der Waals surface area (Å²) in [5, 5.41) is 13.0. The van der Waals surface area contributed by atoms with Crippen molar-refractivity contribution in [3.05, 3.63) is 55.0 Å². The summed E-state index contributed by atoms with van der Waals surface area (Å²) in [6, 6.07) is 9.99. The molecule has 1 radical (unpaired) electrons. The van der Waals surface area contributed by atoms with Gasteiger partial charge in [-0.2, -0.15) is 10.4 Å². The van der Waals surface area contributed by atoms with E-state index in [0.717, 1.165) is 17.5 Å². The molecule has 0 saturated heterocycles. The SMILES string of the molecule is [CH2]Cc1cccc(C=C(C#N)n2cncn2)c1. The van der Waals surface area contributed by atoms with Crippen molar-refractivity contribution < 1.29 is 0 Å². The number of benzene rings is 1. The van der Waals surface area contributed by atoms with E-state index in [1.807, 2.05) is 24.3 Å². The summed E-state index contributed by atoms with van der Waals surface area (Å²) in [5.41, 5.74) is 2.52. The highest BCUT2D eigenvalue weighted by molar-refractivity contribution is 5.78. The van der Waals surface area contributed by atoms with Gasteiger partial charge in [0.2, 0.25) is 0 Å². The fraction of sp³-hybridized carbons (Fsp3) is 0.0769. The van der Waals surface area contributed by atoms with Gasteiger partial charge in [0.25, 0.3) is 0 Å². The van der Waals surface area contributed by atoms with Crippen LogP contribution in [0, 0.1) is 18.3 Å². The quantitative estimate of drug-likeness (QED) is 0.749. The molecule has 1 heterocycles. The van der Waals surface area contributed by atoms with E-state index in [-0.39, 0.29) is 0 Å². The first-order valence-electron chi connectivity index (χ1n) is 5.18. The lowest BCUT2D eigenvalue weighted by atomic mass is 10.1. The highest BCUT2D eigenvalue weighted by Gasteiger charge is 2.00. The predicted octanol–water partition coefficient (Wildman–Crippen LogP) is 2.18. The van der Waals surface area contributed by atoms with Gasteiger partial charge in [-0.3, -0.25) is 0 Å². The highest BCUT2D eigenvalue weighted by atomic mass is 15.3. The number of nitriles is 1. The van der Waals surface area contributed by atoms with Crippen LogP contribution in [0.15, 0.2) is 36.9 Å². The topological polar surface area (TPSA) is 54.5 Å². The van der Waals surface area contributed by atoms with Crippen molar-refractivity contribution in [1.29, 1.82) is 5.26 Å². The van der Waals surface area contributed by atoms with Crippen molar-refractivity contribution in [2.24, 2.45) is 0 Å². The van der Waals surface area contributed by atoms with Gasteiger partial charge < -0.3 is 0 Å². The first-order valence-corrected chi connectivity index (χ1v) is 5.18. The number of aromatic nitrogens is 3. The lowest BCUT2D eigenvalue weighted by molar-refractivity contribution is 0.914. The number of allylic oxidation sites excluding steroid dienone is 1. The van der Waals surface area contributed by atoms with E-state index in [1.54, 1.807) is 6.08 Å². The fourth-order valence-corrected chi connectivity index (χ4v) is 1.48. The van der Waals surface area contributed by atoms with Crippen LogP contribution >= 0.6 is 0 Å². The monoisotopic (exact) mass is 223 g/mol. The van der Waals surface area contributed by atoms with Crippen LogP contribution in [0.5, 0.6) is 0 Å². The lowest BCUT2D eigenvalue weighted by Crippen LogP contribution is -1.95. The normalized spacial score (nSPS) is 11.2. The minimum atomic E-state index is 0.434. The molecule has 4 heteroatoms. The van der Waals surface area contributed by atoms with Crippen LogP contribution in [0.3, 0.4) is 0 Å². The smallest absolute Gasteiger partial charge is 0.144 e. The second-order valence-electron chi connectivity index (χ2n) is 3.48. The van der Waals surface area contributed by atoms with Crippen LogP contribution in [-0.2, 0) is 6.42 Å². The summed E-state index contributed by atoms with van der Waals surface area (Å²) in [6.45, 7) is 3.83. The zero-order valence-electron chi connectivity index (χ0n) is 9.24. The molecule has 4 nitrogen and oxygen atoms in total. The van der Waals surface area contributed by atoms with Crippen LogP contribution in [0.25, 0.3) is 11.8 Å². The molecule has 2 rings (SSSR count). The van der Waals surface area contributed by atoms with Crippen LogP contribution in [-0.4, -0.2) is 14.8 Å². The summed E-state index contributed by atoms with van der Waals surface area (Å²) in [6.07, 6.45) is 5.40. The molecule has 0 aliphatic rings. The van der Waals surface area contributed by atoms with E-state index in [2.05, 4.69) is 23.1 Å². The molecule has 0 spiro atoms. The molecule has 1 aromatic heterocycles. The average Bonchev–Trinajstić information content (AvgIpc) is 2.90. The van der Waals surface area contributed by atoms with Crippen molar-refractivity contribution in [2.45, 2.75) is 6.42 Å². The van der Waals surface area contributed by atoms with Gasteiger partial charge in [0, 0.05) is 0 Å². The molecule has 83 valence electrons. The van der Waals surface area contributed by atoms with Gasteiger partial charge in [0.15, 0.2) is 0 Å². The predicted molar refractivity (Wildman–Crippen MR) is 65.3 cm³/mol. The summed E-state index contributed by atoms with van der Waals surface area (Å²) in [7, 11) is 0. The summed E-state index contributed by atoms with van der Waals surface area (Å²) in [5.74, 6) is 0. The standard InChI is InChI=1S/C13H11N4/c1-2-11-4-3-5-12(6-11)7-13(8-14)17-10-15-9-16-17/h3-7,9-10H,1-2H2. The van der Waals surface area contributed by atoms with E-state index in [1.165, 1.54) is 17.3 Å². The van der Waals surface area contributed by atoms with E-state index < -0.39 is 0 Å². The van der Waals surface area contributed by atoms with Gasteiger partial charge in [0.05, 0.1) is 0 Å². The zero-order chi connectivity index (χ0) is 12.1. The third-order valence-corrected chi connectivity index (χ3v) is 2.32. The third-order valence-electron chi connectivity index (χ3n) is 2.32. The van der Waals surface area contributed by atoms with Gasteiger partial charge in [-0.1, -0.05) is 24.3 Å². The summed E-state index contributed by atoms with van der Waals surface area (Å²) < 4.78 is 1.44. The minimum absolute atomic E-state index is 0.434. The lowest BCUT2D eigenvalue weighted by Gasteiger charge is -2.00. The molecule has 0 atom stereocenters. The van der Waals surface area contributed by atoms with Gasteiger partial charge in [-0.05, 0) is 30.5 Å². The molecule has 0 bridgehead atoms. The molecule has 0 amide bonds. The Morgan fingerprint density at radius 3 is 3.06 bits per heavy atom. The molecule has 0 aliphatic heterocycles.